The van der Waals surface area contributed by atoms with E-state index in [1.807, 2.05) is 43.3 Å². The topological polar surface area (TPSA) is 64.2 Å². The molecule has 162 valence electrons. The van der Waals surface area contributed by atoms with Gasteiger partial charge in [0.2, 0.25) is 5.76 Å². The molecule has 2 heterocycles. The summed E-state index contributed by atoms with van der Waals surface area (Å²) >= 11 is 0. The summed E-state index contributed by atoms with van der Waals surface area (Å²) in [6.45, 7) is 10.1. The van der Waals surface area contributed by atoms with Gasteiger partial charge in [0.15, 0.2) is 5.43 Å². The van der Waals surface area contributed by atoms with E-state index < -0.39 is 6.04 Å². The summed E-state index contributed by atoms with van der Waals surface area (Å²) in [6, 6.07) is 14.3. The van der Waals surface area contributed by atoms with E-state index in [9.17, 15) is 9.59 Å². The smallest absolute Gasteiger partial charge is 0.291 e. The zero-order valence-electron chi connectivity index (χ0n) is 18.3. The molecule has 6 nitrogen and oxygen atoms in total. The Morgan fingerprint density at radius 3 is 2.39 bits per heavy atom. The standard InChI is InChI=1S/C25H28N2O4/c1-4-26(5-2)15-16-27-22(17-11-13-18(14-12-17)30-6-3)21-23(28)19-9-7-8-10-20(19)31-24(21)25(27)29/h7-14,22H,4-6,15-16H2,1-3H3/p+1/t22-/m1/s1. The number of benzene rings is 2. The van der Waals surface area contributed by atoms with Gasteiger partial charge in [0.25, 0.3) is 5.91 Å². The van der Waals surface area contributed by atoms with Crippen molar-refractivity contribution in [1.82, 2.24) is 4.90 Å². The fraction of sp³-hybridized carbons (Fsp3) is 0.360. The summed E-state index contributed by atoms with van der Waals surface area (Å²) in [6.07, 6.45) is 0. The second-order valence-electron chi connectivity index (χ2n) is 7.78. The maximum absolute atomic E-state index is 13.4. The van der Waals surface area contributed by atoms with Gasteiger partial charge in [-0.15, -0.1) is 0 Å². The normalized spacial score (nSPS) is 15.7. The zero-order valence-corrected chi connectivity index (χ0v) is 18.3. The summed E-state index contributed by atoms with van der Waals surface area (Å²) in [7, 11) is 0. The number of likely N-dealkylation sites (N-methyl/N-ethyl adjacent to an activating group) is 1. The summed E-state index contributed by atoms with van der Waals surface area (Å²) in [5.41, 5.74) is 1.62. The van der Waals surface area contributed by atoms with Crippen molar-refractivity contribution in [1.29, 1.82) is 0 Å². The number of carbonyl (C=O) groups excluding carboxylic acids is 1. The van der Waals surface area contributed by atoms with Crippen LogP contribution in [0.5, 0.6) is 5.75 Å². The first-order valence-electron chi connectivity index (χ1n) is 11.0. The minimum Gasteiger partial charge on any atom is -0.494 e. The molecular weight excluding hydrogens is 392 g/mol. The number of hydrogen-bond acceptors (Lipinski definition) is 4. The third kappa shape index (κ3) is 3.83. The molecule has 0 bridgehead atoms. The molecule has 0 aliphatic carbocycles. The van der Waals surface area contributed by atoms with E-state index >= 15 is 0 Å². The molecule has 0 saturated carbocycles. The highest BCUT2D eigenvalue weighted by Gasteiger charge is 2.42. The lowest BCUT2D eigenvalue weighted by Gasteiger charge is -2.27. The van der Waals surface area contributed by atoms with Crippen LogP contribution in [0.1, 0.15) is 48.5 Å². The predicted octanol–water partition coefficient (Wildman–Crippen LogP) is 2.66. The van der Waals surface area contributed by atoms with Crippen LogP contribution in [0, 0.1) is 0 Å². The Bertz CT molecular complexity index is 1130. The van der Waals surface area contributed by atoms with E-state index in [1.165, 1.54) is 4.90 Å². The largest absolute Gasteiger partial charge is 0.494 e. The van der Waals surface area contributed by atoms with Crippen molar-refractivity contribution < 1.29 is 18.8 Å². The number of quaternary nitrogens is 1. The number of fused-ring (bicyclic) bond motifs is 2. The molecule has 0 unspecified atom stereocenters. The molecule has 0 spiro atoms. The molecule has 2 aromatic carbocycles. The number of rotatable bonds is 8. The number of ether oxygens (including phenoxy) is 1. The van der Waals surface area contributed by atoms with Crippen LogP contribution in [0.15, 0.2) is 57.7 Å². The van der Waals surface area contributed by atoms with E-state index in [0.717, 1.165) is 30.9 Å². The van der Waals surface area contributed by atoms with Crippen LogP contribution >= 0.6 is 0 Å². The molecule has 1 aliphatic heterocycles. The van der Waals surface area contributed by atoms with Gasteiger partial charge in [-0.3, -0.25) is 9.59 Å². The van der Waals surface area contributed by atoms with E-state index in [2.05, 4.69) is 13.8 Å². The molecule has 3 aromatic rings. The van der Waals surface area contributed by atoms with Crippen LogP contribution in [0.4, 0.5) is 0 Å². The van der Waals surface area contributed by atoms with Gasteiger partial charge in [0.1, 0.15) is 11.3 Å². The Balaban J connectivity index is 1.82. The van der Waals surface area contributed by atoms with Crippen LogP contribution in [0.2, 0.25) is 0 Å². The van der Waals surface area contributed by atoms with Gasteiger partial charge in [-0.25, -0.2) is 0 Å². The minimum absolute atomic E-state index is 0.137. The van der Waals surface area contributed by atoms with Crippen LogP contribution in [-0.4, -0.2) is 43.6 Å². The number of hydrogen-bond donors (Lipinski definition) is 1. The van der Waals surface area contributed by atoms with Crippen molar-refractivity contribution in [3.05, 3.63) is 75.6 Å². The van der Waals surface area contributed by atoms with Crippen molar-refractivity contribution in [2.24, 2.45) is 0 Å². The molecule has 0 radical (unpaired) electrons. The molecule has 0 saturated heterocycles. The third-order valence-corrected chi connectivity index (χ3v) is 6.09. The zero-order chi connectivity index (χ0) is 22.0. The van der Waals surface area contributed by atoms with Gasteiger partial charge in [0, 0.05) is 0 Å². The molecular formula is C25H29N2O4+. The first-order valence-corrected chi connectivity index (χ1v) is 11.0. The molecule has 6 heteroatoms. The van der Waals surface area contributed by atoms with Gasteiger partial charge >= 0.3 is 0 Å². The highest BCUT2D eigenvalue weighted by molar-refractivity contribution is 5.99. The monoisotopic (exact) mass is 421 g/mol. The lowest BCUT2D eigenvalue weighted by molar-refractivity contribution is -0.895. The lowest BCUT2D eigenvalue weighted by Crippen LogP contribution is -3.12. The Morgan fingerprint density at radius 2 is 1.71 bits per heavy atom. The number of para-hydroxylation sites is 1. The SMILES string of the molecule is CCOc1ccc([C@@H]2c3c(oc4ccccc4c3=O)C(=O)N2CC[NH+](CC)CC)cc1. The summed E-state index contributed by atoms with van der Waals surface area (Å²) in [5, 5.41) is 0.501. The van der Waals surface area contributed by atoms with E-state index in [0.29, 0.717) is 29.7 Å². The van der Waals surface area contributed by atoms with E-state index in [-0.39, 0.29) is 17.1 Å². The number of carbonyl (C=O) groups is 1. The van der Waals surface area contributed by atoms with Crippen molar-refractivity contribution >= 4 is 16.9 Å². The molecule has 1 amide bonds. The lowest BCUT2D eigenvalue weighted by atomic mass is 9.98. The van der Waals surface area contributed by atoms with Gasteiger partial charge in [-0.1, -0.05) is 24.3 Å². The Hall–Kier alpha value is -3.12. The predicted molar refractivity (Wildman–Crippen MR) is 120 cm³/mol. The maximum Gasteiger partial charge on any atom is 0.291 e. The van der Waals surface area contributed by atoms with Gasteiger partial charge in [-0.2, -0.15) is 0 Å². The van der Waals surface area contributed by atoms with Gasteiger partial charge < -0.3 is 19.0 Å². The highest BCUT2D eigenvalue weighted by atomic mass is 16.5. The molecule has 0 fully saturated rings. The van der Waals surface area contributed by atoms with E-state index in [1.54, 1.807) is 17.0 Å². The number of amides is 1. The summed E-state index contributed by atoms with van der Waals surface area (Å²) < 4.78 is 11.5. The molecule has 1 aromatic heterocycles. The van der Waals surface area contributed by atoms with Crippen LogP contribution in [0.25, 0.3) is 11.0 Å². The van der Waals surface area contributed by atoms with E-state index in [4.69, 9.17) is 9.15 Å². The fourth-order valence-electron chi connectivity index (χ4n) is 4.34. The van der Waals surface area contributed by atoms with Crippen LogP contribution < -0.4 is 15.1 Å². The number of nitrogens with one attached hydrogen (secondary N) is 1. The minimum atomic E-state index is -0.464. The summed E-state index contributed by atoms with van der Waals surface area (Å²) in [4.78, 5) is 30.0. The Morgan fingerprint density at radius 1 is 1.00 bits per heavy atom. The van der Waals surface area contributed by atoms with Crippen LogP contribution in [0.3, 0.4) is 0 Å². The fourth-order valence-corrected chi connectivity index (χ4v) is 4.34. The van der Waals surface area contributed by atoms with Gasteiger partial charge in [0.05, 0.1) is 49.8 Å². The van der Waals surface area contributed by atoms with Crippen LogP contribution in [-0.2, 0) is 0 Å². The average molecular weight is 422 g/mol. The molecule has 1 N–H and O–H groups in total. The molecule has 4 rings (SSSR count). The highest BCUT2D eigenvalue weighted by Crippen LogP contribution is 2.38. The van der Waals surface area contributed by atoms with Gasteiger partial charge in [-0.05, 0) is 50.6 Å². The Kier molecular flexibility index (Phi) is 6.09. The van der Waals surface area contributed by atoms with Crippen molar-refractivity contribution in [3.63, 3.8) is 0 Å². The van der Waals surface area contributed by atoms with Crippen molar-refractivity contribution in [3.8, 4) is 5.75 Å². The quantitative estimate of drug-likeness (QED) is 0.607. The molecule has 1 aliphatic rings. The maximum atomic E-state index is 13.4. The van der Waals surface area contributed by atoms with Crippen molar-refractivity contribution in [2.75, 3.05) is 32.8 Å². The second-order valence-corrected chi connectivity index (χ2v) is 7.78. The molecule has 31 heavy (non-hydrogen) atoms. The summed E-state index contributed by atoms with van der Waals surface area (Å²) in [5.74, 6) is 0.709. The average Bonchev–Trinajstić information content (AvgIpc) is 3.07. The third-order valence-electron chi connectivity index (χ3n) is 6.09. The Labute approximate surface area is 182 Å². The first kappa shape index (κ1) is 21.1. The second kappa shape index (κ2) is 8.94. The van der Waals surface area contributed by atoms with Crippen molar-refractivity contribution in [2.45, 2.75) is 26.8 Å². The first-order chi connectivity index (χ1) is 15.1. The number of nitrogens with zero attached hydrogens (tertiary/aromatic N) is 1. The molecule has 1 atom stereocenters.